The van der Waals surface area contributed by atoms with Crippen LogP contribution in [0.4, 0.5) is 11.8 Å². The van der Waals surface area contributed by atoms with Crippen LogP contribution >= 0.6 is 0 Å². The summed E-state index contributed by atoms with van der Waals surface area (Å²) in [5.74, 6) is 7.34. The van der Waals surface area contributed by atoms with E-state index in [1.807, 2.05) is 20.0 Å². The van der Waals surface area contributed by atoms with Gasteiger partial charge in [0.05, 0.1) is 0 Å². The largest absolute Gasteiger partial charge is 0.359 e. The number of nitrogens with one attached hydrogen (secondary N) is 1. The lowest BCUT2D eigenvalue weighted by molar-refractivity contribution is 0.557. The van der Waals surface area contributed by atoms with Crippen molar-refractivity contribution in [3.05, 3.63) is 11.8 Å². The van der Waals surface area contributed by atoms with Crippen molar-refractivity contribution in [3.8, 4) is 0 Å². The highest BCUT2D eigenvalue weighted by molar-refractivity contribution is 5.43. The van der Waals surface area contributed by atoms with Gasteiger partial charge in [-0.2, -0.15) is 4.98 Å². The van der Waals surface area contributed by atoms with Crippen LogP contribution in [0.2, 0.25) is 0 Å². The monoisotopic (exact) mass is 223 g/mol. The summed E-state index contributed by atoms with van der Waals surface area (Å²) in [5.41, 5.74) is 3.39. The fourth-order valence-electron chi connectivity index (χ4n) is 1.50. The van der Waals surface area contributed by atoms with E-state index in [0.29, 0.717) is 11.9 Å². The number of nitrogen functional groups attached to an aromatic ring is 1. The number of nitrogens with two attached hydrogens (primary N) is 1. The number of nitrogens with zero attached hydrogens (tertiary/aromatic N) is 3. The molecule has 0 aromatic carbocycles. The van der Waals surface area contributed by atoms with E-state index in [1.165, 1.54) is 0 Å². The molecule has 1 heterocycles. The molecule has 1 aromatic rings. The molecule has 1 rings (SSSR count). The molecule has 0 spiro atoms. The van der Waals surface area contributed by atoms with Gasteiger partial charge >= 0.3 is 0 Å². The molecule has 16 heavy (non-hydrogen) atoms. The molecule has 0 saturated carbocycles. The van der Waals surface area contributed by atoms with Crippen LogP contribution in [0, 0.1) is 12.8 Å². The second-order valence-electron chi connectivity index (χ2n) is 4.23. The Morgan fingerprint density at radius 3 is 2.75 bits per heavy atom. The van der Waals surface area contributed by atoms with Gasteiger partial charge in [-0.05, 0) is 12.8 Å². The standard InChI is InChI=1S/C11H21N5/c1-5-8(2)7-16(4)10-6-9(3)13-11(14-10)15-12/h6,8H,5,7,12H2,1-4H3,(H,13,14,15). The third-order valence-electron chi connectivity index (χ3n) is 2.64. The van der Waals surface area contributed by atoms with Crippen LogP contribution in [0.15, 0.2) is 6.07 Å². The zero-order valence-electron chi connectivity index (χ0n) is 10.5. The maximum absolute atomic E-state index is 5.32. The summed E-state index contributed by atoms with van der Waals surface area (Å²) >= 11 is 0. The van der Waals surface area contributed by atoms with Crippen molar-refractivity contribution in [2.24, 2.45) is 11.8 Å². The Morgan fingerprint density at radius 2 is 2.19 bits per heavy atom. The van der Waals surface area contributed by atoms with E-state index in [-0.39, 0.29) is 0 Å². The summed E-state index contributed by atoms with van der Waals surface area (Å²) in [6, 6.07) is 1.96. The first kappa shape index (κ1) is 12.7. The number of anilines is 2. The van der Waals surface area contributed by atoms with Crippen LogP contribution in [-0.2, 0) is 0 Å². The summed E-state index contributed by atoms with van der Waals surface area (Å²) in [7, 11) is 2.04. The van der Waals surface area contributed by atoms with Crippen LogP contribution in [0.1, 0.15) is 26.0 Å². The van der Waals surface area contributed by atoms with Crippen molar-refractivity contribution in [2.75, 3.05) is 23.9 Å². The Morgan fingerprint density at radius 1 is 1.50 bits per heavy atom. The highest BCUT2D eigenvalue weighted by atomic mass is 15.3. The van der Waals surface area contributed by atoms with Gasteiger partial charge in [0.15, 0.2) is 0 Å². The van der Waals surface area contributed by atoms with Crippen LogP contribution < -0.4 is 16.2 Å². The average Bonchev–Trinajstić information content (AvgIpc) is 2.27. The highest BCUT2D eigenvalue weighted by Crippen LogP contribution is 2.15. The van der Waals surface area contributed by atoms with Gasteiger partial charge in [-0.25, -0.2) is 10.8 Å². The first-order valence-corrected chi connectivity index (χ1v) is 5.60. The molecular formula is C11H21N5. The Bertz CT molecular complexity index is 339. The van der Waals surface area contributed by atoms with E-state index in [4.69, 9.17) is 5.84 Å². The summed E-state index contributed by atoms with van der Waals surface area (Å²) in [6.45, 7) is 7.34. The summed E-state index contributed by atoms with van der Waals surface area (Å²) in [4.78, 5) is 10.6. The zero-order chi connectivity index (χ0) is 12.1. The minimum Gasteiger partial charge on any atom is -0.359 e. The molecule has 0 aliphatic rings. The second kappa shape index (κ2) is 5.65. The minimum atomic E-state index is 0.464. The molecule has 0 bridgehead atoms. The lowest BCUT2D eigenvalue weighted by Crippen LogP contribution is -2.25. The van der Waals surface area contributed by atoms with E-state index in [1.54, 1.807) is 0 Å². The van der Waals surface area contributed by atoms with Gasteiger partial charge in [-0.3, -0.25) is 5.43 Å². The molecular weight excluding hydrogens is 202 g/mol. The summed E-state index contributed by atoms with van der Waals surface area (Å²) < 4.78 is 0. The van der Waals surface area contributed by atoms with Crippen LogP contribution in [-0.4, -0.2) is 23.6 Å². The van der Waals surface area contributed by atoms with Crippen molar-refractivity contribution in [1.29, 1.82) is 0 Å². The summed E-state index contributed by atoms with van der Waals surface area (Å²) in [5, 5.41) is 0. The smallest absolute Gasteiger partial charge is 0.239 e. The maximum atomic E-state index is 5.32. The van der Waals surface area contributed by atoms with E-state index in [9.17, 15) is 0 Å². The van der Waals surface area contributed by atoms with Crippen molar-refractivity contribution in [1.82, 2.24) is 9.97 Å². The highest BCUT2D eigenvalue weighted by Gasteiger charge is 2.08. The van der Waals surface area contributed by atoms with Gasteiger partial charge in [-0.1, -0.05) is 20.3 Å². The van der Waals surface area contributed by atoms with Crippen LogP contribution in [0.3, 0.4) is 0 Å². The molecule has 0 radical (unpaired) electrons. The van der Waals surface area contributed by atoms with Gasteiger partial charge in [0.1, 0.15) is 5.82 Å². The van der Waals surface area contributed by atoms with Gasteiger partial charge in [0, 0.05) is 25.4 Å². The molecule has 1 atom stereocenters. The molecule has 90 valence electrons. The van der Waals surface area contributed by atoms with Crippen molar-refractivity contribution >= 4 is 11.8 Å². The average molecular weight is 223 g/mol. The Labute approximate surface area is 97.0 Å². The van der Waals surface area contributed by atoms with Crippen LogP contribution in [0.5, 0.6) is 0 Å². The first-order chi connectivity index (χ1) is 7.56. The quantitative estimate of drug-likeness (QED) is 0.585. The second-order valence-corrected chi connectivity index (χ2v) is 4.23. The molecule has 1 aromatic heterocycles. The first-order valence-electron chi connectivity index (χ1n) is 5.60. The van der Waals surface area contributed by atoms with Crippen molar-refractivity contribution < 1.29 is 0 Å². The van der Waals surface area contributed by atoms with E-state index in [2.05, 4.69) is 34.1 Å². The van der Waals surface area contributed by atoms with Crippen molar-refractivity contribution in [2.45, 2.75) is 27.2 Å². The predicted octanol–water partition coefficient (Wildman–Crippen LogP) is 1.55. The van der Waals surface area contributed by atoms with Crippen molar-refractivity contribution in [3.63, 3.8) is 0 Å². The predicted molar refractivity (Wildman–Crippen MR) is 67.3 cm³/mol. The fourth-order valence-corrected chi connectivity index (χ4v) is 1.50. The van der Waals surface area contributed by atoms with Gasteiger partial charge in [0.2, 0.25) is 5.95 Å². The third-order valence-corrected chi connectivity index (χ3v) is 2.64. The van der Waals surface area contributed by atoms with Gasteiger partial charge < -0.3 is 4.90 Å². The third kappa shape index (κ3) is 3.34. The Hall–Kier alpha value is -1.36. The Balaban J connectivity index is 2.82. The molecule has 5 heteroatoms. The number of aryl methyl sites for hydroxylation is 1. The molecule has 0 saturated heterocycles. The number of aromatic nitrogens is 2. The van der Waals surface area contributed by atoms with E-state index < -0.39 is 0 Å². The molecule has 0 amide bonds. The van der Waals surface area contributed by atoms with E-state index >= 15 is 0 Å². The summed E-state index contributed by atoms with van der Waals surface area (Å²) in [6.07, 6.45) is 1.16. The molecule has 0 aliphatic heterocycles. The normalized spacial score (nSPS) is 12.3. The maximum Gasteiger partial charge on any atom is 0.239 e. The fraction of sp³-hybridized carbons (Fsp3) is 0.636. The lowest BCUT2D eigenvalue weighted by atomic mass is 10.1. The zero-order valence-corrected chi connectivity index (χ0v) is 10.5. The topological polar surface area (TPSA) is 67.1 Å². The number of rotatable bonds is 5. The Kier molecular flexibility index (Phi) is 4.49. The lowest BCUT2D eigenvalue weighted by Gasteiger charge is -2.22. The number of hydrogen-bond acceptors (Lipinski definition) is 5. The number of hydrazine groups is 1. The van der Waals surface area contributed by atoms with Crippen LogP contribution in [0.25, 0.3) is 0 Å². The minimum absolute atomic E-state index is 0.464. The number of hydrogen-bond donors (Lipinski definition) is 2. The van der Waals surface area contributed by atoms with E-state index in [0.717, 1.165) is 24.5 Å². The SMILES string of the molecule is CCC(C)CN(C)c1cc(C)nc(NN)n1. The van der Waals surface area contributed by atoms with Gasteiger partial charge in [-0.15, -0.1) is 0 Å². The molecule has 5 nitrogen and oxygen atoms in total. The molecule has 1 unspecified atom stereocenters. The molecule has 3 N–H and O–H groups in total. The molecule has 0 aliphatic carbocycles. The van der Waals surface area contributed by atoms with Gasteiger partial charge in [0.25, 0.3) is 0 Å². The molecule has 0 fully saturated rings.